The van der Waals surface area contributed by atoms with Crippen LogP contribution in [0.1, 0.15) is 45.3 Å². The van der Waals surface area contributed by atoms with Crippen LogP contribution in [0.2, 0.25) is 5.02 Å². The summed E-state index contributed by atoms with van der Waals surface area (Å²) in [6.45, 7) is 9.04. The van der Waals surface area contributed by atoms with Crippen molar-refractivity contribution in [2.45, 2.75) is 46.2 Å². The van der Waals surface area contributed by atoms with E-state index in [1.807, 2.05) is 4.68 Å². The van der Waals surface area contributed by atoms with E-state index in [1.165, 1.54) is 0 Å². The first-order chi connectivity index (χ1) is 9.13. The quantitative estimate of drug-likeness (QED) is 0.758. The molecule has 0 saturated carbocycles. The number of rotatable bonds is 9. The number of nitrogens with one attached hydrogen (secondary N) is 1. The van der Waals surface area contributed by atoms with Gasteiger partial charge in [-0.05, 0) is 32.2 Å². The summed E-state index contributed by atoms with van der Waals surface area (Å²) in [7, 11) is 1.74. The van der Waals surface area contributed by atoms with Crippen LogP contribution < -0.4 is 5.32 Å². The topological polar surface area (TPSA) is 39.1 Å². The van der Waals surface area contributed by atoms with E-state index in [9.17, 15) is 0 Å². The zero-order valence-corrected chi connectivity index (χ0v) is 13.2. The van der Waals surface area contributed by atoms with Gasteiger partial charge in [0.15, 0.2) is 0 Å². The number of aromatic nitrogens is 2. The van der Waals surface area contributed by atoms with E-state index >= 15 is 0 Å². The molecule has 2 unspecified atom stereocenters. The third-order valence-corrected chi connectivity index (χ3v) is 3.48. The van der Waals surface area contributed by atoms with Crippen LogP contribution in [0.4, 0.5) is 0 Å². The van der Waals surface area contributed by atoms with E-state index in [-0.39, 0.29) is 6.04 Å². The monoisotopic (exact) mass is 287 g/mol. The SMILES string of the molecule is CCCNC(CC(C)COC)c1c(Cl)cnn1CC. The summed E-state index contributed by atoms with van der Waals surface area (Å²) in [5.74, 6) is 0.482. The van der Waals surface area contributed by atoms with Crippen molar-refractivity contribution in [2.24, 2.45) is 5.92 Å². The van der Waals surface area contributed by atoms with Crippen LogP contribution in [0, 0.1) is 5.92 Å². The number of hydrogen-bond acceptors (Lipinski definition) is 3. The summed E-state index contributed by atoms with van der Waals surface area (Å²) in [5, 5.41) is 8.66. The minimum Gasteiger partial charge on any atom is -0.384 e. The van der Waals surface area contributed by atoms with Gasteiger partial charge in [-0.3, -0.25) is 4.68 Å². The molecule has 0 bridgehead atoms. The van der Waals surface area contributed by atoms with Crippen LogP contribution >= 0.6 is 11.6 Å². The molecule has 110 valence electrons. The molecule has 1 N–H and O–H groups in total. The fourth-order valence-electron chi connectivity index (χ4n) is 2.34. The van der Waals surface area contributed by atoms with Gasteiger partial charge in [0.05, 0.1) is 23.0 Å². The van der Waals surface area contributed by atoms with Gasteiger partial charge in [0.1, 0.15) is 0 Å². The Balaban J connectivity index is 2.85. The molecule has 0 radical (unpaired) electrons. The Hall–Kier alpha value is -0.580. The maximum Gasteiger partial charge on any atom is 0.0834 e. The van der Waals surface area contributed by atoms with E-state index in [1.54, 1.807) is 13.3 Å². The molecule has 4 nitrogen and oxygen atoms in total. The van der Waals surface area contributed by atoms with Crippen LogP contribution in [0.5, 0.6) is 0 Å². The van der Waals surface area contributed by atoms with Gasteiger partial charge in [-0.1, -0.05) is 25.4 Å². The standard InChI is InChI=1S/C14H26ClN3O/c1-5-7-16-13(8-11(3)10-19-4)14-12(15)9-17-18(14)6-2/h9,11,13,16H,5-8,10H2,1-4H3. The highest BCUT2D eigenvalue weighted by molar-refractivity contribution is 6.31. The van der Waals surface area contributed by atoms with E-state index in [2.05, 4.69) is 31.2 Å². The molecule has 1 rings (SSSR count). The van der Waals surface area contributed by atoms with Crippen LogP contribution in [0.25, 0.3) is 0 Å². The molecule has 0 fully saturated rings. The Morgan fingerprint density at radius 3 is 2.79 bits per heavy atom. The number of hydrogen-bond donors (Lipinski definition) is 1. The number of aryl methyl sites for hydroxylation is 1. The molecular weight excluding hydrogens is 262 g/mol. The van der Waals surface area contributed by atoms with Crippen LogP contribution in [-0.4, -0.2) is 30.0 Å². The summed E-state index contributed by atoms with van der Waals surface area (Å²) in [6, 6.07) is 0.236. The molecule has 1 aromatic rings. The Morgan fingerprint density at radius 2 is 2.21 bits per heavy atom. The van der Waals surface area contributed by atoms with Gasteiger partial charge in [-0.15, -0.1) is 0 Å². The molecule has 5 heteroatoms. The molecule has 0 amide bonds. The Morgan fingerprint density at radius 1 is 1.47 bits per heavy atom. The van der Waals surface area contributed by atoms with Crippen molar-refractivity contribution in [1.29, 1.82) is 0 Å². The van der Waals surface area contributed by atoms with Crippen LogP contribution in [0.3, 0.4) is 0 Å². The zero-order chi connectivity index (χ0) is 14.3. The van der Waals surface area contributed by atoms with Gasteiger partial charge < -0.3 is 10.1 Å². The lowest BCUT2D eigenvalue weighted by molar-refractivity contribution is 0.148. The summed E-state index contributed by atoms with van der Waals surface area (Å²) in [5.41, 5.74) is 1.10. The molecule has 2 atom stereocenters. The number of nitrogens with zero attached hydrogens (tertiary/aromatic N) is 2. The lowest BCUT2D eigenvalue weighted by Crippen LogP contribution is -2.27. The Labute approximate surface area is 121 Å². The molecule has 0 saturated heterocycles. The second kappa shape index (κ2) is 8.56. The van der Waals surface area contributed by atoms with Gasteiger partial charge in [0.25, 0.3) is 0 Å². The fraction of sp³-hybridized carbons (Fsp3) is 0.786. The third-order valence-electron chi connectivity index (χ3n) is 3.19. The van der Waals surface area contributed by atoms with Crippen LogP contribution in [0.15, 0.2) is 6.20 Å². The Kier molecular flexibility index (Phi) is 7.42. The molecule has 0 aliphatic rings. The van der Waals surface area contributed by atoms with Gasteiger partial charge >= 0.3 is 0 Å². The summed E-state index contributed by atoms with van der Waals surface area (Å²) >= 11 is 6.30. The molecule has 0 aromatic carbocycles. The van der Waals surface area contributed by atoms with E-state index in [0.717, 1.165) is 43.3 Å². The van der Waals surface area contributed by atoms with E-state index in [0.29, 0.717) is 5.92 Å². The average molecular weight is 288 g/mol. The summed E-state index contributed by atoms with van der Waals surface area (Å²) in [4.78, 5) is 0. The molecule has 0 spiro atoms. The van der Waals surface area contributed by atoms with Crippen molar-refractivity contribution < 1.29 is 4.74 Å². The Bertz CT molecular complexity index is 368. The molecule has 1 aromatic heterocycles. The van der Waals surface area contributed by atoms with Crippen molar-refractivity contribution in [1.82, 2.24) is 15.1 Å². The normalized spacial score (nSPS) is 14.6. The lowest BCUT2D eigenvalue weighted by atomic mass is 9.99. The van der Waals surface area contributed by atoms with Crippen molar-refractivity contribution >= 4 is 11.6 Å². The summed E-state index contributed by atoms with van der Waals surface area (Å²) in [6.07, 6.45) is 3.84. The minimum absolute atomic E-state index is 0.236. The minimum atomic E-state index is 0.236. The third kappa shape index (κ3) is 4.79. The maximum atomic E-state index is 6.30. The zero-order valence-electron chi connectivity index (χ0n) is 12.4. The van der Waals surface area contributed by atoms with Crippen LogP contribution in [-0.2, 0) is 11.3 Å². The van der Waals surface area contributed by atoms with Gasteiger partial charge in [-0.25, -0.2) is 0 Å². The number of ether oxygens (including phenoxy) is 1. The number of methoxy groups -OCH3 is 1. The fourth-order valence-corrected chi connectivity index (χ4v) is 2.61. The first kappa shape index (κ1) is 16.5. The van der Waals surface area contributed by atoms with Crippen molar-refractivity contribution in [2.75, 3.05) is 20.3 Å². The molecule has 0 aliphatic carbocycles. The van der Waals surface area contributed by atoms with E-state index in [4.69, 9.17) is 16.3 Å². The summed E-state index contributed by atoms with van der Waals surface area (Å²) < 4.78 is 7.21. The van der Waals surface area contributed by atoms with Gasteiger partial charge in [0, 0.05) is 20.3 Å². The highest BCUT2D eigenvalue weighted by Crippen LogP contribution is 2.28. The maximum absolute atomic E-state index is 6.30. The van der Waals surface area contributed by atoms with Crippen molar-refractivity contribution in [3.05, 3.63) is 16.9 Å². The molecule has 0 aliphatic heterocycles. The van der Waals surface area contributed by atoms with Crippen molar-refractivity contribution in [3.8, 4) is 0 Å². The first-order valence-electron chi connectivity index (χ1n) is 7.07. The van der Waals surface area contributed by atoms with E-state index < -0.39 is 0 Å². The molecule has 19 heavy (non-hydrogen) atoms. The second-order valence-corrected chi connectivity index (χ2v) is 5.40. The molecule has 1 heterocycles. The average Bonchev–Trinajstić information content (AvgIpc) is 2.76. The molecular formula is C14H26ClN3O. The highest BCUT2D eigenvalue weighted by atomic mass is 35.5. The van der Waals surface area contributed by atoms with Gasteiger partial charge in [0.2, 0.25) is 0 Å². The van der Waals surface area contributed by atoms with Gasteiger partial charge in [-0.2, -0.15) is 5.10 Å². The predicted molar refractivity (Wildman–Crippen MR) is 79.6 cm³/mol. The number of halogens is 1. The predicted octanol–water partition coefficient (Wildman–Crippen LogP) is 3.27. The lowest BCUT2D eigenvalue weighted by Gasteiger charge is -2.23. The smallest absolute Gasteiger partial charge is 0.0834 e. The van der Waals surface area contributed by atoms with Crippen molar-refractivity contribution in [3.63, 3.8) is 0 Å². The second-order valence-electron chi connectivity index (χ2n) is 5.00. The largest absolute Gasteiger partial charge is 0.384 e. The highest BCUT2D eigenvalue weighted by Gasteiger charge is 2.21. The first-order valence-corrected chi connectivity index (χ1v) is 7.45.